The van der Waals surface area contributed by atoms with Crippen LogP contribution in [0.1, 0.15) is 12.5 Å². The van der Waals surface area contributed by atoms with Crippen molar-refractivity contribution in [2.24, 2.45) is 0 Å². The molecule has 0 spiro atoms. The number of rotatable bonds is 3. The first-order valence-electron chi connectivity index (χ1n) is 6.19. The number of benzene rings is 2. The largest absolute Gasteiger partial charge is 0.342 e. The van der Waals surface area contributed by atoms with E-state index in [1.807, 2.05) is 12.1 Å². The molecule has 1 aromatic heterocycles. The lowest BCUT2D eigenvalue weighted by Gasteiger charge is -2.05. The number of hydrogen-bond acceptors (Lipinski definition) is 3. The molecule has 3 N–H and O–H groups in total. The van der Waals surface area contributed by atoms with Gasteiger partial charge in [-0.15, -0.1) is 5.10 Å². The number of hydrogen-bond donors (Lipinski definition) is 3. The molecule has 0 bridgehead atoms. The first-order chi connectivity index (χ1) is 9.24. The van der Waals surface area contributed by atoms with Gasteiger partial charge < -0.3 is 5.32 Å². The van der Waals surface area contributed by atoms with Gasteiger partial charge in [0, 0.05) is 5.69 Å². The molecule has 1 heterocycles. The van der Waals surface area contributed by atoms with Crippen LogP contribution in [-0.4, -0.2) is 15.2 Å². The van der Waals surface area contributed by atoms with E-state index in [-0.39, 0.29) is 5.69 Å². The van der Waals surface area contributed by atoms with Crippen molar-refractivity contribution >= 4 is 22.4 Å². The number of aromatic amines is 2. The fourth-order valence-electron chi connectivity index (χ4n) is 2.06. The summed E-state index contributed by atoms with van der Waals surface area (Å²) in [6.07, 6.45) is 1.03. The first-order valence-corrected chi connectivity index (χ1v) is 6.19. The van der Waals surface area contributed by atoms with E-state index in [0.717, 1.165) is 17.5 Å². The van der Waals surface area contributed by atoms with Gasteiger partial charge in [0.25, 0.3) is 0 Å². The summed E-state index contributed by atoms with van der Waals surface area (Å²) in [5.41, 5.74) is 1.89. The highest BCUT2D eigenvalue weighted by Crippen LogP contribution is 2.22. The van der Waals surface area contributed by atoms with Gasteiger partial charge in [-0.05, 0) is 34.9 Å². The molecule has 0 radical (unpaired) electrons. The smallest absolute Gasteiger partial charge is 0.324 e. The number of aromatic nitrogens is 3. The Morgan fingerprint density at radius 1 is 1.16 bits per heavy atom. The summed E-state index contributed by atoms with van der Waals surface area (Å²) in [5, 5.41) is 11.5. The zero-order valence-electron chi connectivity index (χ0n) is 10.5. The standard InChI is InChI=1S/C14H14N4O/c1-2-9-3-4-11-8-12(6-5-10(11)7-9)15-13-16-14(19)18-17-13/h3-8H,2H2,1H3,(H3,15,16,17,18,19). The molecular weight excluding hydrogens is 240 g/mol. The summed E-state index contributed by atoms with van der Waals surface area (Å²) in [7, 11) is 0. The summed E-state index contributed by atoms with van der Waals surface area (Å²) < 4.78 is 0. The Kier molecular flexibility index (Phi) is 2.79. The van der Waals surface area contributed by atoms with Crippen LogP contribution < -0.4 is 11.0 Å². The van der Waals surface area contributed by atoms with E-state index < -0.39 is 0 Å². The molecule has 0 atom stereocenters. The Labute approximate surface area is 109 Å². The van der Waals surface area contributed by atoms with Crippen molar-refractivity contribution in [1.29, 1.82) is 0 Å². The quantitative estimate of drug-likeness (QED) is 0.672. The van der Waals surface area contributed by atoms with Crippen LogP contribution in [-0.2, 0) is 6.42 Å². The van der Waals surface area contributed by atoms with Gasteiger partial charge in [-0.3, -0.25) is 4.98 Å². The number of nitrogens with one attached hydrogen (secondary N) is 3. The van der Waals surface area contributed by atoms with Crippen LogP contribution in [0, 0.1) is 0 Å². The Hall–Kier alpha value is -2.56. The Morgan fingerprint density at radius 2 is 1.95 bits per heavy atom. The van der Waals surface area contributed by atoms with Crippen LogP contribution in [0.25, 0.3) is 10.8 Å². The lowest BCUT2D eigenvalue weighted by molar-refractivity contribution is 1.05. The number of H-pyrrole nitrogens is 2. The second kappa shape index (κ2) is 4.61. The third-order valence-electron chi connectivity index (χ3n) is 3.08. The Balaban J connectivity index is 1.95. The summed E-state index contributed by atoms with van der Waals surface area (Å²) in [5.74, 6) is 0.412. The normalized spacial score (nSPS) is 10.8. The van der Waals surface area contributed by atoms with Gasteiger partial charge in [-0.1, -0.05) is 31.2 Å². The molecule has 5 nitrogen and oxygen atoms in total. The van der Waals surface area contributed by atoms with Crippen molar-refractivity contribution in [2.45, 2.75) is 13.3 Å². The van der Waals surface area contributed by atoms with Crippen LogP contribution in [0.15, 0.2) is 41.2 Å². The van der Waals surface area contributed by atoms with Gasteiger partial charge >= 0.3 is 5.69 Å². The van der Waals surface area contributed by atoms with E-state index in [9.17, 15) is 4.79 Å². The minimum atomic E-state index is -0.323. The van der Waals surface area contributed by atoms with Crippen molar-refractivity contribution in [3.8, 4) is 0 Å². The molecule has 0 unspecified atom stereocenters. The summed E-state index contributed by atoms with van der Waals surface area (Å²) in [6.45, 7) is 2.14. The molecular formula is C14H14N4O. The predicted octanol–water partition coefficient (Wildman–Crippen LogP) is 2.56. The lowest BCUT2D eigenvalue weighted by Crippen LogP contribution is -2.01. The van der Waals surface area contributed by atoms with Gasteiger partial charge in [-0.2, -0.15) is 0 Å². The Bertz CT molecular complexity index is 772. The highest BCUT2D eigenvalue weighted by Gasteiger charge is 2.01. The molecule has 3 rings (SSSR count). The molecule has 0 amide bonds. The first kappa shape index (κ1) is 11.5. The molecule has 0 saturated carbocycles. The summed E-state index contributed by atoms with van der Waals surface area (Å²) in [6, 6.07) is 12.5. The van der Waals surface area contributed by atoms with Crippen LogP contribution in [0.2, 0.25) is 0 Å². The fourth-order valence-corrected chi connectivity index (χ4v) is 2.06. The van der Waals surface area contributed by atoms with E-state index in [2.05, 4.69) is 51.7 Å². The minimum absolute atomic E-state index is 0.323. The van der Waals surface area contributed by atoms with Crippen LogP contribution >= 0.6 is 0 Å². The van der Waals surface area contributed by atoms with Crippen LogP contribution in [0.5, 0.6) is 0 Å². The van der Waals surface area contributed by atoms with E-state index in [1.54, 1.807) is 0 Å². The number of aryl methyl sites for hydroxylation is 1. The van der Waals surface area contributed by atoms with Crippen LogP contribution in [0.3, 0.4) is 0 Å². The van der Waals surface area contributed by atoms with E-state index in [1.165, 1.54) is 10.9 Å². The average Bonchev–Trinajstić information content (AvgIpc) is 2.83. The van der Waals surface area contributed by atoms with Crippen LogP contribution in [0.4, 0.5) is 11.6 Å². The molecule has 0 fully saturated rings. The van der Waals surface area contributed by atoms with Crippen molar-refractivity contribution in [2.75, 3.05) is 5.32 Å². The van der Waals surface area contributed by atoms with Gasteiger partial charge in [0.2, 0.25) is 5.95 Å². The summed E-state index contributed by atoms with van der Waals surface area (Å²) >= 11 is 0. The third kappa shape index (κ3) is 2.35. The number of nitrogens with zero attached hydrogens (tertiary/aromatic N) is 1. The molecule has 0 aliphatic rings. The maximum atomic E-state index is 10.9. The molecule has 0 aliphatic heterocycles. The molecule has 0 aliphatic carbocycles. The lowest BCUT2D eigenvalue weighted by atomic mass is 10.1. The van der Waals surface area contributed by atoms with Crippen molar-refractivity contribution in [3.05, 3.63) is 52.4 Å². The SMILES string of the molecule is CCc1ccc2cc(Nc3n[nH]c(=O)[nH]3)ccc2c1. The molecule has 19 heavy (non-hydrogen) atoms. The predicted molar refractivity (Wildman–Crippen MR) is 75.8 cm³/mol. The van der Waals surface area contributed by atoms with Gasteiger partial charge in [0.15, 0.2) is 0 Å². The molecule has 0 saturated heterocycles. The maximum absolute atomic E-state index is 10.9. The van der Waals surface area contributed by atoms with E-state index in [4.69, 9.17) is 0 Å². The molecule has 5 heteroatoms. The number of fused-ring (bicyclic) bond motifs is 1. The monoisotopic (exact) mass is 254 g/mol. The fraction of sp³-hybridized carbons (Fsp3) is 0.143. The topological polar surface area (TPSA) is 73.6 Å². The minimum Gasteiger partial charge on any atom is -0.324 e. The van der Waals surface area contributed by atoms with Gasteiger partial charge in [-0.25, -0.2) is 9.89 Å². The van der Waals surface area contributed by atoms with Gasteiger partial charge in [0.05, 0.1) is 0 Å². The van der Waals surface area contributed by atoms with Crippen molar-refractivity contribution in [3.63, 3.8) is 0 Å². The zero-order valence-corrected chi connectivity index (χ0v) is 10.5. The molecule has 96 valence electrons. The van der Waals surface area contributed by atoms with Crippen molar-refractivity contribution in [1.82, 2.24) is 15.2 Å². The second-order valence-corrected chi connectivity index (χ2v) is 4.40. The maximum Gasteiger partial charge on any atom is 0.342 e. The Morgan fingerprint density at radius 3 is 2.68 bits per heavy atom. The summed E-state index contributed by atoms with van der Waals surface area (Å²) in [4.78, 5) is 13.5. The molecule has 2 aromatic carbocycles. The highest BCUT2D eigenvalue weighted by molar-refractivity contribution is 5.86. The van der Waals surface area contributed by atoms with Gasteiger partial charge in [0.1, 0.15) is 0 Å². The van der Waals surface area contributed by atoms with Crippen molar-refractivity contribution < 1.29 is 0 Å². The average molecular weight is 254 g/mol. The third-order valence-corrected chi connectivity index (χ3v) is 3.08. The highest BCUT2D eigenvalue weighted by atomic mass is 16.1. The van der Waals surface area contributed by atoms with E-state index >= 15 is 0 Å². The second-order valence-electron chi connectivity index (χ2n) is 4.40. The zero-order chi connectivity index (χ0) is 13.2. The number of anilines is 2. The van der Waals surface area contributed by atoms with E-state index in [0.29, 0.717) is 5.95 Å². The molecule has 3 aromatic rings.